The van der Waals surface area contributed by atoms with Crippen LogP contribution < -0.4 is 15.4 Å². The zero-order valence-electron chi connectivity index (χ0n) is 15.8. The zero-order chi connectivity index (χ0) is 20.5. The van der Waals surface area contributed by atoms with Crippen LogP contribution in [0.15, 0.2) is 30.3 Å². The maximum absolute atomic E-state index is 12.2. The second-order valence-electron chi connectivity index (χ2n) is 5.91. The molecule has 1 aromatic carbocycles. The summed E-state index contributed by atoms with van der Waals surface area (Å²) in [5.41, 5.74) is 0.819. The summed E-state index contributed by atoms with van der Waals surface area (Å²) in [4.78, 5) is 37.6. The fourth-order valence-corrected chi connectivity index (χ4v) is 2.96. The van der Waals surface area contributed by atoms with Crippen LogP contribution in [0.3, 0.4) is 0 Å². The summed E-state index contributed by atoms with van der Waals surface area (Å²) < 4.78 is 9.99. The number of nitrogens with zero attached hydrogens (tertiary/aromatic N) is 1. The van der Waals surface area contributed by atoms with E-state index in [4.69, 9.17) is 21.7 Å². The molecule has 0 saturated carbocycles. The van der Waals surface area contributed by atoms with Gasteiger partial charge in [0.15, 0.2) is 5.11 Å². The van der Waals surface area contributed by atoms with Crippen molar-refractivity contribution in [1.29, 1.82) is 0 Å². The number of benzene rings is 1. The van der Waals surface area contributed by atoms with Crippen LogP contribution in [0.4, 0.5) is 0 Å². The lowest BCUT2D eigenvalue weighted by Gasteiger charge is -2.36. The number of piperazine rings is 1. The first-order valence-corrected chi connectivity index (χ1v) is 9.22. The summed E-state index contributed by atoms with van der Waals surface area (Å²) in [7, 11) is 1.58. The Morgan fingerprint density at radius 2 is 2.07 bits per heavy atom. The van der Waals surface area contributed by atoms with Crippen LogP contribution in [0.5, 0.6) is 5.75 Å². The van der Waals surface area contributed by atoms with Gasteiger partial charge < -0.3 is 19.7 Å². The number of hydrogen-bond donors (Lipinski definition) is 2. The molecule has 150 valence electrons. The molecule has 2 N–H and O–H groups in total. The first-order valence-electron chi connectivity index (χ1n) is 8.81. The third kappa shape index (κ3) is 6.05. The Balaban J connectivity index is 1.97. The van der Waals surface area contributed by atoms with Gasteiger partial charge in [0.1, 0.15) is 11.8 Å². The number of hydrogen-bond acceptors (Lipinski definition) is 6. The number of carbonyl (C=O) groups excluding carboxylic acids is 3. The van der Waals surface area contributed by atoms with Gasteiger partial charge in [-0.2, -0.15) is 0 Å². The number of thiocarbonyl (C=S) groups is 1. The molecular weight excluding hydrogens is 382 g/mol. The molecule has 1 heterocycles. The van der Waals surface area contributed by atoms with Gasteiger partial charge >= 0.3 is 5.97 Å². The maximum atomic E-state index is 12.2. The molecule has 1 unspecified atom stereocenters. The van der Waals surface area contributed by atoms with Crippen molar-refractivity contribution in [3.8, 4) is 5.75 Å². The van der Waals surface area contributed by atoms with Crippen LogP contribution in [0.25, 0.3) is 6.08 Å². The van der Waals surface area contributed by atoms with Gasteiger partial charge in [-0.3, -0.25) is 19.7 Å². The zero-order valence-corrected chi connectivity index (χ0v) is 16.6. The molecule has 0 bridgehead atoms. The van der Waals surface area contributed by atoms with E-state index in [1.54, 1.807) is 32.2 Å². The van der Waals surface area contributed by atoms with E-state index in [1.807, 2.05) is 12.1 Å². The van der Waals surface area contributed by atoms with Crippen LogP contribution in [-0.2, 0) is 19.1 Å². The summed E-state index contributed by atoms with van der Waals surface area (Å²) in [6, 6.07) is 6.38. The normalized spacial score (nSPS) is 16.4. The molecule has 0 aliphatic carbocycles. The van der Waals surface area contributed by atoms with E-state index in [0.717, 1.165) is 11.3 Å². The molecule has 9 heteroatoms. The second-order valence-corrected chi connectivity index (χ2v) is 6.30. The number of ether oxygens (including phenoxy) is 2. The molecule has 1 aliphatic heterocycles. The van der Waals surface area contributed by atoms with Gasteiger partial charge in [0, 0.05) is 19.2 Å². The molecule has 0 radical (unpaired) electrons. The van der Waals surface area contributed by atoms with E-state index < -0.39 is 17.9 Å². The summed E-state index contributed by atoms with van der Waals surface area (Å²) in [5.74, 6) is -0.534. The molecule has 2 rings (SSSR count). The molecule has 2 amide bonds. The monoisotopic (exact) mass is 405 g/mol. The van der Waals surface area contributed by atoms with Crippen molar-refractivity contribution >= 4 is 41.2 Å². The van der Waals surface area contributed by atoms with Gasteiger partial charge in [-0.25, -0.2) is 0 Å². The van der Waals surface area contributed by atoms with Gasteiger partial charge in [-0.15, -0.1) is 0 Å². The largest absolute Gasteiger partial charge is 0.497 e. The van der Waals surface area contributed by atoms with Crippen molar-refractivity contribution < 1.29 is 23.9 Å². The van der Waals surface area contributed by atoms with Crippen LogP contribution in [0.1, 0.15) is 18.9 Å². The van der Waals surface area contributed by atoms with E-state index >= 15 is 0 Å². The van der Waals surface area contributed by atoms with Gasteiger partial charge in [0.05, 0.1) is 20.1 Å². The molecule has 1 aromatic rings. The number of rotatable bonds is 6. The third-order valence-corrected chi connectivity index (χ3v) is 4.37. The van der Waals surface area contributed by atoms with E-state index in [-0.39, 0.29) is 24.0 Å². The molecule has 0 aromatic heterocycles. The molecule has 1 atom stereocenters. The fourth-order valence-electron chi connectivity index (χ4n) is 2.64. The Labute approximate surface area is 168 Å². The molecule has 28 heavy (non-hydrogen) atoms. The molecule has 0 spiro atoms. The Morgan fingerprint density at radius 3 is 2.71 bits per heavy atom. The van der Waals surface area contributed by atoms with Crippen LogP contribution in [0.2, 0.25) is 0 Å². The Morgan fingerprint density at radius 1 is 1.36 bits per heavy atom. The van der Waals surface area contributed by atoms with E-state index in [1.165, 1.54) is 11.0 Å². The summed E-state index contributed by atoms with van der Waals surface area (Å²) in [5, 5.41) is 5.35. The topological polar surface area (TPSA) is 97.0 Å². The Hall–Kier alpha value is -2.94. The van der Waals surface area contributed by atoms with Gasteiger partial charge in [-0.05, 0) is 42.9 Å². The van der Waals surface area contributed by atoms with Gasteiger partial charge in [-0.1, -0.05) is 12.1 Å². The van der Waals surface area contributed by atoms with E-state index in [9.17, 15) is 14.4 Å². The van der Waals surface area contributed by atoms with Crippen molar-refractivity contribution in [3.63, 3.8) is 0 Å². The number of carbonyl (C=O) groups is 3. The molecule has 1 saturated heterocycles. The quantitative estimate of drug-likeness (QED) is 0.412. The number of amides is 2. The number of esters is 1. The lowest BCUT2D eigenvalue weighted by Crippen LogP contribution is -2.60. The third-order valence-electron chi connectivity index (χ3n) is 4.03. The van der Waals surface area contributed by atoms with Crippen molar-refractivity contribution in [2.45, 2.75) is 19.4 Å². The van der Waals surface area contributed by atoms with Crippen molar-refractivity contribution in [2.24, 2.45) is 0 Å². The highest BCUT2D eigenvalue weighted by molar-refractivity contribution is 7.80. The van der Waals surface area contributed by atoms with Crippen LogP contribution in [-0.4, -0.2) is 60.6 Å². The van der Waals surface area contributed by atoms with E-state index in [0.29, 0.717) is 13.1 Å². The number of nitrogens with one attached hydrogen (secondary N) is 2. The smallest absolute Gasteiger partial charge is 0.308 e. The summed E-state index contributed by atoms with van der Waals surface area (Å²) in [6.07, 6.45) is 2.84. The molecular formula is C19H23N3O5S. The highest BCUT2D eigenvalue weighted by Gasteiger charge is 2.33. The Bertz CT molecular complexity index is 763. The lowest BCUT2D eigenvalue weighted by atomic mass is 10.1. The predicted octanol–water partition coefficient (Wildman–Crippen LogP) is 0.863. The first kappa shape index (κ1) is 21.4. The SMILES string of the molecule is CCOC(=O)CC1C(=O)NCCN1C(=S)NC(=O)/C=C/c1ccc(OC)cc1. The minimum atomic E-state index is -0.814. The summed E-state index contributed by atoms with van der Waals surface area (Å²) in [6.45, 7) is 2.67. The minimum Gasteiger partial charge on any atom is -0.497 e. The molecule has 1 aliphatic rings. The average molecular weight is 405 g/mol. The Kier molecular flexibility index (Phi) is 7.94. The maximum Gasteiger partial charge on any atom is 0.308 e. The standard InChI is InChI=1S/C19H23N3O5S/c1-3-27-17(24)12-15-18(25)20-10-11-22(15)19(28)21-16(23)9-6-13-4-7-14(26-2)8-5-13/h4-9,15H,3,10-12H2,1-2H3,(H,20,25)(H,21,23,28)/b9-6+. The van der Waals surface area contributed by atoms with Crippen molar-refractivity contribution in [2.75, 3.05) is 26.8 Å². The van der Waals surface area contributed by atoms with Gasteiger partial charge in [0.2, 0.25) is 11.8 Å². The second kappa shape index (κ2) is 10.4. The number of methoxy groups -OCH3 is 1. The van der Waals surface area contributed by atoms with E-state index in [2.05, 4.69) is 10.6 Å². The fraction of sp³-hybridized carbons (Fsp3) is 0.368. The lowest BCUT2D eigenvalue weighted by molar-refractivity contribution is -0.147. The summed E-state index contributed by atoms with van der Waals surface area (Å²) >= 11 is 5.27. The molecule has 8 nitrogen and oxygen atoms in total. The predicted molar refractivity (Wildman–Crippen MR) is 108 cm³/mol. The van der Waals surface area contributed by atoms with Crippen LogP contribution >= 0.6 is 12.2 Å². The van der Waals surface area contributed by atoms with Crippen molar-refractivity contribution in [1.82, 2.24) is 15.5 Å². The highest BCUT2D eigenvalue weighted by Crippen LogP contribution is 2.13. The highest BCUT2D eigenvalue weighted by atomic mass is 32.1. The average Bonchev–Trinajstić information content (AvgIpc) is 2.68. The van der Waals surface area contributed by atoms with Crippen LogP contribution in [0, 0.1) is 0 Å². The first-order chi connectivity index (χ1) is 13.4. The van der Waals surface area contributed by atoms with Gasteiger partial charge in [0.25, 0.3) is 0 Å². The molecule has 1 fully saturated rings. The minimum absolute atomic E-state index is 0.0912. The van der Waals surface area contributed by atoms with Crippen molar-refractivity contribution in [3.05, 3.63) is 35.9 Å².